The molecule has 0 spiro atoms. The maximum atomic E-state index is 12.8. The molecule has 0 aliphatic heterocycles. The van der Waals surface area contributed by atoms with Gasteiger partial charge in [-0.05, 0) is 31.1 Å². The molecule has 0 bridgehead atoms. The van der Waals surface area contributed by atoms with E-state index in [1.165, 1.54) is 161 Å². The molecule has 0 radical (unpaired) electrons. The summed E-state index contributed by atoms with van der Waals surface area (Å²) in [4.78, 5) is 37.8. The smallest absolute Gasteiger partial charge is 0.306 e. The van der Waals surface area contributed by atoms with Crippen LogP contribution in [0.3, 0.4) is 0 Å². The van der Waals surface area contributed by atoms with Crippen molar-refractivity contribution in [2.24, 2.45) is 11.8 Å². The first-order chi connectivity index (χ1) is 27.3. The molecule has 0 amide bonds. The van der Waals surface area contributed by atoms with Gasteiger partial charge in [0.1, 0.15) is 13.2 Å². The Bertz CT molecular complexity index is 856. The number of carbonyl (C=O) groups excluding carboxylic acids is 3. The van der Waals surface area contributed by atoms with Crippen LogP contribution in [0.5, 0.6) is 0 Å². The van der Waals surface area contributed by atoms with Gasteiger partial charge in [-0.3, -0.25) is 14.4 Å². The van der Waals surface area contributed by atoms with E-state index in [-0.39, 0.29) is 31.1 Å². The van der Waals surface area contributed by atoms with Gasteiger partial charge in [0.15, 0.2) is 6.10 Å². The number of esters is 3. The van der Waals surface area contributed by atoms with Gasteiger partial charge in [0.2, 0.25) is 0 Å². The van der Waals surface area contributed by atoms with Crippen LogP contribution in [0.2, 0.25) is 0 Å². The Labute approximate surface area is 348 Å². The van der Waals surface area contributed by atoms with Gasteiger partial charge in [-0.1, -0.05) is 234 Å². The van der Waals surface area contributed by atoms with E-state index in [0.29, 0.717) is 19.3 Å². The Morgan fingerprint density at radius 1 is 0.375 bits per heavy atom. The Hall–Kier alpha value is -1.59. The van der Waals surface area contributed by atoms with Crippen molar-refractivity contribution in [3.05, 3.63) is 0 Å². The first kappa shape index (κ1) is 54.4. The molecule has 0 saturated heterocycles. The van der Waals surface area contributed by atoms with Crippen molar-refractivity contribution in [3.63, 3.8) is 0 Å². The molecule has 332 valence electrons. The van der Waals surface area contributed by atoms with Crippen molar-refractivity contribution in [1.82, 2.24) is 0 Å². The molecule has 0 saturated carbocycles. The Morgan fingerprint density at radius 2 is 0.679 bits per heavy atom. The molecule has 0 aromatic carbocycles. The maximum Gasteiger partial charge on any atom is 0.306 e. The fourth-order valence-corrected chi connectivity index (χ4v) is 7.43. The zero-order valence-corrected chi connectivity index (χ0v) is 38.3. The van der Waals surface area contributed by atoms with Gasteiger partial charge in [0.25, 0.3) is 0 Å². The van der Waals surface area contributed by atoms with Crippen LogP contribution in [0.25, 0.3) is 0 Å². The van der Waals surface area contributed by atoms with E-state index in [2.05, 4.69) is 34.6 Å². The van der Waals surface area contributed by atoms with Crippen molar-refractivity contribution < 1.29 is 28.6 Å². The highest BCUT2D eigenvalue weighted by molar-refractivity contribution is 5.71. The molecule has 6 heteroatoms. The van der Waals surface area contributed by atoms with E-state index < -0.39 is 6.10 Å². The van der Waals surface area contributed by atoms with Gasteiger partial charge >= 0.3 is 17.9 Å². The second-order valence-corrected chi connectivity index (χ2v) is 17.8. The Balaban J connectivity index is 4.27. The first-order valence-corrected chi connectivity index (χ1v) is 24.8. The lowest BCUT2D eigenvalue weighted by Crippen LogP contribution is -2.30. The quantitative estimate of drug-likeness (QED) is 0.0347. The first-order valence-electron chi connectivity index (χ1n) is 24.8. The minimum atomic E-state index is -0.761. The van der Waals surface area contributed by atoms with Crippen molar-refractivity contribution >= 4 is 17.9 Å². The second-order valence-electron chi connectivity index (χ2n) is 17.8. The van der Waals surface area contributed by atoms with E-state index in [9.17, 15) is 14.4 Å². The third kappa shape index (κ3) is 42.0. The van der Waals surface area contributed by atoms with Gasteiger partial charge in [-0.2, -0.15) is 0 Å². The third-order valence-electron chi connectivity index (χ3n) is 11.6. The lowest BCUT2D eigenvalue weighted by Gasteiger charge is -2.18. The molecule has 0 aliphatic rings. The maximum absolute atomic E-state index is 12.8. The lowest BCUT2D eigenvalue weighted by molar-refractivity contribution is -0.167. The second kappa shape index (κ2) is 43.0. The number of hydrogen-bond donors (Lipinski definition) is 0. The number of unbranched alkanes of at least 4 members (excludes halogenated alkanes) is 28. The lowest BCUT2D eigenvalue weighted by atomic mass is 9.99. The van der Waals surface area contributed by atoms with Crippen LogP contribution in [0.1, 0.15) is 272 Å². The third-order valence-corrected chi connectivity index (χ3v) is 11.6. The fourth-order valence-electron chi connectivity index (χ4n) is 7.43. The summed E-state index contributed by atoms with van der Waals surface area (Å²) in [6.07, 6.45) is 42.3. The highest BCUT2D eigenvalue weighted by Gasteiger charge is 2.19. The van der Waals surface area contributed by atoms with Crippen LogP contribution in [0, 0.1) is 11.8 Å². The largest absolute Gasteiger partial charge is 0.462 e. The van der Waals surface area contributed by atoms with Crippen LogP contribution < -0.4 is 0 Å². The molecule has 56 heavy (non-hydrogen) atoms. The monoisotopic (exact) mass is 793 g/mol. The highest BCUT2D eigenvalue weighted by Crippen LogP contribution is 2.17. The Kier molecular flexibility index (Phi) is 41.8. The zero-order valence-electron chi connectivity index (χ0n) is 38.3. The summed E-state index contributed by atoms with van der Waals surface area (Å²) >= 11 is 0. The van der Waals surface area contributed by atoms with E-state index in [4.69, 9.17) is 14.2 Å². The molecule has 0 aliphatic carbocycles. The van der Waals surface area contributed by atoms with Gasteiger partial charge < -0.3 is 14.2 Å². The molecule has 2 atom stereocenters. The van der Waals surface area contributed by atoms with E-state index >= 15 is 0 Å². The average molecular weight is 793 g/mol. The molecule has 0 aromatic heterocycles. The summed E-state index contributed by atoms with van der Waals surface area (Å²) in [6, 6.07) is 0. The molecule has 0 rings (SSSR count). The van der Waals surface area contributed by atoms with E-state index in [0.717, 1.165) is 69.6 Å². The Morgan fingerprint density at radius 3 is 1.02 bits per heavy atom. The minimum Gasteiger partial charge on any atom is -0.462 e. The average Bonchev–Trinajstić information content (AvgIpc) is 3.18. The number of rotatable bonds is 44. The molecule has 0 N–H and O–H groups in total. The fraction of sp³-hybridized carbons (Fsp3) is 0.940. The normalized spacial score (nSPS) is 12.5. The minimum absolute atomic E-state index is 0.0647. The predicted octanol–water partition coefficient (Wildman–Crippen LogP) is 15.8. The summed E-state index contributed by atoms with van der Waals surface area (Å²) in [5.41, 5.74) is 0. The van der Waals surface area contributed by atoms with Gasteiger partial charge in [-0.25, -0.2) is 0 Å². The molecule has 0 fully saturated rings. The topological polar surface area (TPSA) is 78.9 Å². The van der Waals surface area contributed by atoms with Crippen LogP contribution in [0.4, 0.5) is 0 Å². The molecule has 6 nitrogen and oxygen atoms in total. The van der Waals surface area contributed by atoms with Crippen LogP contribution >= 0.6 is 0 Å². The van der Waals surface area contributed by atoms with Crippen molar-refractivity contribution in [3.8, 4) is 0 Å². The van der Waals surface area contributed by atoms with Gasteiger partial charge in [-0.15, -0.1) is 0 Å². The summed E-state index contributed by atoms with van der Waals surface area (Å²) in [5.74, 6) is 0.820. The van der Waals surface area contributed by atoms with E-state index in [1.54, 1.807) is 0 Å². The standard InChI is InChI=1S/C50H96O6/c1-6-8-9-10-11-12-20-25-30-35-40-48(51)54-43-47(44-55-49(52)41-36-31-27-22-23-28-33-38-45(3)4)56-50(53)42-37-32-26-21-18-16-14-13-15-17-19-24-29-34-39-46(5)7-2/h45-47H,6-44H2,1-5H3/t46?,47-/m0/s1. The highest BCUT2D eigenvalue weighted by atomic mass is 16.6. The van der Waals surface area contributed by atoms with Gasteiger partial charge in [0.05, 0.1) is 0 Å². The molecule has 0 heterocycles. The van der Waals surface area contributed by atoms with Crippen molar-refractivity contribution in [1.29, 1.82) is 0 Å². The summed E-state index contributed by atoms with van der Waals surface area (Å²) in [5, 5.41) is 0. The van der Waals surface area contributed by atoms with Crippen LogP contribution in [-0.4, -0.2) is 37.2 Å². The predicted molar refractivity (Wildman–Crippen MR) is 238 cm³/mol. The molecular weight excluding hydrogens is 697 g/mol. The number of hydrogen-bond acceptors (Lipinski definition) is 6. The summed E-state index contributed by atoms with van der Waals surface area (Å²) in [7, 11) is 0. The number of carbonyl (C=O) groups is 3. The number of ether oxygens (including phenoxy) is 3. The van der Waals surface area contributed by atoms with Crippen molar-refractivity contribution in [2.75, 3.05) is 13.2 Å². The van der Waals surface area contributed by atoms with Crippen LogP contribution in [-0.2, 0) is 28.6 Å². The molecule has 0 aromatic rings. The zero-order chi connectivity index (χ0) is 41.2. The molecular formula is C50H96O6. The van der Waals surface area contributed by atoms with E-state index in [1.807, 2.05) is 0 Å². The van der Waals surface area contributed by atoms with Crippen LogP contribution in [0.15, 0.2) is 0 Å². The molecule has 1 unspecified atom stereocenters. The SMILES string of the molecule is CCCCCCCCCCCCC(=O)OC[C@@H](COC(=O)CCCCCCCCCC(C)C)OC(=O)CCCCCCCCCCCCCCCCC(C)CC. The summed E-state index contributed by atoms with van der Waals surface area (Å²) in [6.45, 7) is 11.3. The van der Waals surface area contributed by atoms with Crippen molar-refractivity contribution in [2.45, 2.75) is 278 Å². The summed E-state index contributed by atoms with van der Waals surface area (Å²) < 4.78 is 16.7. The van der Waals surface area contributed by atoms with Gasteiger partial charge in [0, 0.05) is 19.3 Å².